The van der Waals surface area contributed by atoms with Gasteiger partial charge in [-0.1, -0.05) is 23.2 Å². The van der Waals surface area contributed by atoms with Gasteiger partial charge in [-0.05, 0) is 35.9 Å². The first-order chi connectivity index (χ1) is 12.8. The highest BCUT2D eigenvalue weighted by atomic mass is 35.5. The molecule has 0 saturated heterocycles. The van der Waals surface area contributed by atoms with E-state index < -0.39 is 22.3 Å². The van der Waals surface area contributed by atoms with E-state index in [1.54, 1.807) is 6.07 Å². The summed E-state index contributed by atoms with van der Waals surface area (Å²) in [4.78, 5) is 22.4. The molecule has 0 heterocycles. The molecule has 0 spiro atoms. The molecule has 0 unspecified atom stereocenters. The van der Waals surface area contributed by atoms with Crippen molar-refractivity contribution in [2.24, 2.45) is 0 Å². The van der Waals surface area contributed by atoms with Gasteiger partial charge in [0.2, 0.25) is 0 Å². The third-order valence-corrected chi connectivity index (χ3v) is 3.88. The standard InChI is InChI=1S/C17H11Cl2N3O5/c1-27-15-6-9(5-14(16(15)23)22(25)26)4-10(8-20)17(24)21-13-3-2-11(18)7-12(13)19/h2-7,23H,1H3,(H,21,24)/p-1/b10-4+. The lowest BCUT2D eigenvalue weighted by Crippen LogP contribution is -2.13. The van der Waals surface area contributed by atoms with Crippen LogP contribution in [0.15, 0.2) is 35.9 Å². The molecule has 0 aliphatic carbocycles. The van der Waals surface area contributed by atoms with Crippen molar-refractivity contribution < 1.29 is 19.6 Å². The highest BCUT2D eigenvalue weighted by Crippen LogP contribution is 2.35. The number of anilines is 1. The van der Waals surface area contributed by atoms with Crippen molar-refractivity contribution in [2.45, 2.75) is 0 Å². The Bertz CT molecular complexity index is 999. The average molecular weight is 407 g/mol. The van der Waals surface area contributed by atoms with Gasteiger partial charge in [-0.25, -0.2) is 0 Å². The van der Waals surface area contributed by atoms with E-state index in [0.717, 1.165) is 12.1 Å². The molecule has 0 aromatic heterocycles. The summed E-state index contributed by atoms with van der Waals surface area (Å²) < 4.78 is 4.82. The number of benzene rings is 2. The molecule has 8 nitrogen and oxygen atoms in total. The summed E-state index contributed by atoms with van der Waals surface area (Å²) in [5.41, 5.74) is -0.798. The Morgan fingerprint density at radius 1 is 1.33 bits per heavy atom. The first kappa shape index (κ1) is 20.0. The Morgan fingerprint density at radius 2 is 2.04 bits per heavy atom. The molecule has 0 radical (unpaired) electrons. The van der Waals surface area contributed by atoms with E-state index in [9.17, 15) is 25.3 Å². The van der Waals surface area contributed by atoms with Gasteiger partial charge in [-0.15, -0.1) is 0 Å². The maximum absolute atomic E-state index is 12.3. The molecule has 0 saturated carbocycles. The summed E-state index contributed by atoms with van der Waals surface area (Å²) in [7, 11) is 1.17. The molecule has 2 aromatic carbocycles. The van der Waals surface area contributed by atoms with Crippen LogP contribution in [0.5, 0.6) is 11.5 Å². The zero-order valence-corrected chi connectivity index (χ0v) is 15.2. The SMILES string of the molecule is COc1cc(/C=C(\C#N)C(=O)Nc2ccc(Cl)cc2Cl)cc([N+](=O)[O-])c1[O-]. The van der Waals surface area contributed by atoms with Crippen LogP contribution < -0.4 is 15.2 Å². The number of hydrogen-bond acceptors (Lipinski definition) is 6. The van der Waals surface area contributed by atoms with Gasteiger partial charge < -0.3 is 15.2 Å². The Kier molecular flexibility index (Phi) is 6.23. The van der Waals surface area contributed by atoms with Crippen LogP contribution in [0.4, 0.5) is 11.4 Å². The fraction of sp³-hybridized carbons (Fsp3) is 0.0588. The molecule has 27 heavy (non-hydrogen) atoms. The third-order valence-electron chi connectivity index (χ3n) is 3.33. The topological polar surface area (TPSA) is 128 Å². The van der Waals surface area contributed by atoms with E-state index in [-0.39, 0.29) is 27.6 Å². The quantitative estimate of drug-likeness (QED) is 0.350. The second kappa shape index (κ2) is 8.40. The number of nitrogens with zero attached hydrogens (tertiary/aromatic N) is 2. The summed E-state index contributed by atoms with van der Waals surface area (Å²) >= 11 is 11.7. The van der Waals surface area contributed by atoms with Crippen LogP contribution in [-0.4, -0.2) is 17.9 Å². The molecule has 10 heteroatoms. The van der Waals surface area contributed by atoms with Crippen molar-refractivity contribution in [1.29, 1.82) is 5.26 Å². The number of nitro groups is 1. The molecular formula is C17H10Cl2N3O5-. The predicted molar refractivity (Wildman–Crippen MR) is 97.8 cm³/mol. The van der Waals surface area contributed by atoms with Crippen LogP contribution in [0.1, 0.15) is 5.56 Å². The lowest BCUT2D eigenvalue weighted by atomic mass is 10.1. The predicted octanol–water partition coefficient (Wildman–Crippen LogP) is 3.53. The van der Waals surface area contributed by atoms with E-state index in [1.807, 2.05) is 0 Å². The minimum atomic E-state index is -0.907. The smallest absolute Gasteiger partial charge is 0.266 e. The highest BCUT2D eigenvalue weighted by molar-refractivity contribution is 6.36. The number of nitrogens with one attached hydrogen (secondary N) is 1. The molecule has 2 rings (SSSR count). The zero-order valence-electron chi connectivity index (χ0n) is 13.7. The second-order valence-electron chi connectivity index (χ2n) is 5.08. The summed E-state index contributed by atoms with van der Waals surface area (Å²) in [6.45, 7) is 0. The van der Waals surface area contributed by atoms with Crippen molar-refractivity contribution in [3.63, 3.8) is 0 Å². The molecule has 1 amide bonds. The molecule has 138 valence electrons. The average Bonchev–Trinajstić information content (AvgIpc) is 2.62. The number of methoxy groups -OCH3 is 1. The van der Waals surface area contributed by atoms with Gasteiger partial charge in [0.1, 0.15) is 17.4 Å². The number of nitro benzene ring substituents is 1. The first-order valence-electron chi connectivity index (χ1n) is 7.18. The fourth-order valence-electron chi connectivity index (χ4n) is 2.07. The van der Waals surface area contributed by atoms with E-state index >= 15 is 0 Å². The third kappa shape index (κ3) is 4.67. The van der Waals surface area contributed by atoms with Crippen LogP contribution >= 0.6 is 23.2 Å². The highest BCUT2D eigenvalue weighted by Gasteiger charge is 2.16. The van der Waals surface area contributed by atoms with E-state index in [0.29, 0.717) is 5.02 Å². The molecular weight excluding hydrogens is 397 g/mol. The zero-order chi connectivity index (χ0) is 20.1. The summed E-state index contributed by atoms with van der Waals surface area (Å²) in [5.74, 6) is -1.99. The van der Waals surface area contributed by atoms with Gasteiger partial charge in [0.05, 0.1) is 22.7 Å². The van der Waals surface area contributed by atoms with Crippen molar-refractivity contribution in [2.75, 3.05) is 12.4 Å². The molecule has 0 atom stereocenters. The molecule has 1 N–H and O–H groups in total. The molecule has 0 aliphatic rings. The maximum Gasteiger partial charge on any atom is 0.266 e. The lowest BCUT2D eigenvalue weighted by Gasteiger charge is -2.13. The van der Waals surface area contributed by atoms with Gasteiger partial charge in [-0.2, -0.15) is 5.26 Å². The Morgan fingerprint density at radius 3 is 2.59 bits per heavy atom. The van der Waals surface area contributed by atoms with Gasteiger partial charge in [-0.3, -0.25) is 14.9 Å². The van der Waals surface area contributed by atoms with Crippen molar-refractivity contribution >= 4 is 46.6 Å². The molecule has 0 aliphatic heterocycles. The van der Waals surface area contributed by atoms with Gasteiger partial charge in [0.15, 0.2) is 0 Å². The van der Waals surface area contributed by atoms with Crippen molar-refractivity contribution in [3.05, 3.63) is 61.6 Å². The number of amides is 1. The summed E-state index contributed by atoms with van der Waals surface area (Å²) in [5, 5.41) is 35.1. The van der Waals surface area contributed by atoms with Crippen LogP contribution in [-0.2, 0) is 4.79 Å². The van der Waals surface area contributed by atoms with Crippen LogP contribution in [0.2, 0.25) is 10.0 Å². The minimum absolute atomic E-state index is 0.0760. The lowest BCUT2D eigenvalue weighted by molar-refractivity contribution is -0.398. The number of hydrogen-bond donors (Lipinski definition) is 1. The number of nitriles is 1. The minimum Gasteiger partial charge on any atom is -0.865 e. The number of rotatable bonds is 5. The van der Waals surface area contributed by atoms with Crippen molar-refractivity contribution in [1.82, 2.24) is 0 Å². The first-order valence-corrected chi connectivity index (χ1v) is 7.94. The summed E-state index contributed by atoms with van der Waals surface area (Å²) in [6, 6.07) is 8.20. The summed E-state index contributed by atoms with van der Waals surface area (Å²) in [6.07, 6.45) is 1.09. The fourth-order valence-corrected chi connectivity index (χ4v) is 2.53. The Labute approximate surface area is 163 Å². The normalized spacial score (nSPS) is 10.8. The molecule has 0 fully saturated rings. The van der Waals surface area contributed by atoms with Gasteiger partial charge >= 0.3 is 0 Å². The van der Waals surface area contributed by atoms with Crippen molar-refractivity contribution in [3.8, 4) is 17.6 Å². The number of halogens is 2. The number of carbonyl (C=O) groups is 1. The largest absolute Gasteiger partial charge is 0.865 e. The Balaban J connectivity index is 2.40. The number of carbonyl (C=O) groups excluding carboxylic acids is 1. The molecule has 2 aromatic rings. The van der Waals surface area contributed by atoms with Crippen LogP contribution in [0.3, 0.4) is 0 Å². The molecule has 0 bridgehead atoms. The number of ether oxygens (including phenoxy) is 1. The maximum atomic E-state index is 12.3. The van der Waals surface area contributed by atoms with E-state index in [4.69, 9.17) is 27.9 Å². The second-order valence-corrected chi connectivity index (χ2v) is 5.92. The monoisotopic (exact) mass is 406 g/mol. The van der Waals surface area contributed by atoms with Crippen LogP contribution in [0.25, 0.3) is 6.08 Å². The van der Waals surface area contributed by atoms with E-state index in [2.05, 4.69) is 5.32 Å². The van der Waals surface area contributed by atoms with Gasteiger partial charge in [0.25, 0.3) is 11.6 Å². The Hall–Kier alpha value is -3.28. The van der Waals surface area contributed by atoms with Gasteiger partial charge in [0, 0.05) is 16.8 Å². The van der Waals surface area contributed by atoms with E-state index in [1.165, 1.54) is 31.4 Å². The van der Waals surface area contributed by atoms with Crippen LogP contribution in [0, 0.1) is 21.4 Å².